The minimum Gasteiger partial charge on any atom is -0.382 e. The third-order valence-corrected chi connectivity index (χ3v) is 7.56. The smallest absolute Gasteiger partial charge is 0.219 e. The zero-order valence-corrected chi connectivity index (χ0v) is 18.2. The number of carbonyl (C=O) groups excluding carboxylic acids is 1. The molecule has 160 valence electrons. The van der Waals surface area contributed by atoms with E-state index in [1.807, 2.05) is 24.3 Å². The number of rotatable bonds is 7. The lowest BCUT2D eigenvalue weighted by molar-refractivity contribution is -0.130. The number of unbranched alkanes of at least 4 members (excludes halogenated alkanes) is 1. The molecule has 1 amide bonds. The Morgan fingerprint density at radius 1 is 1.23 bits per heavy atom. The summed E-state index contributed by atoms with van der Waals surface area (Å²) in [5, 5.41) is 1.03. The Morgan fingerprint density at radius 3 is 2.63 bits per heavy atom. The fourth-order valence-electron chi connectivity index (χ4n) is 4.28. The van der Waals surface area contributed by atoms with Gasteiger partial charge in [-0.25, -0.2) is 18.4 Å². The highest BCUT2D eigenvalue weighted by Crippen LogP contribution is 2.29. The summed E-state index contributed by atoms with van der Waals surface area (Å²) in [5.74, 6) is 1.49. The number of amides is 1. The Morgan fingerprint density at radius 2 is 1.97 bits per heavy atom. The number of para-hydroxylation sites is 1. The lowest BCUT2D eigenvalue weighted by atomic mass is 10.1. The number of fused-ring (bicyclic) bond motifs is 3. The summed E-state index contributed by atoms with van der Waals surface area (Å²) in [6.07, 6.45) is 2.41. The first kappa shape index (κ1) is 20.6. The number of nitrogen functional groups attached to an aromatic ring is 1. The molecule has 4 rings (SSSR count). The van der Waals surface area contributed by atoms with Crippen molar-refractivity contribution < 1.29 is 13.2 Å². The molecule has 2 aromatic heterocycles. The van der Waals surface area contributed by atoms with E-state index in [4.69, 9.17) is 10.7 Å². The summed E-state index contributed by atoms with van der Waals surface area (Å²) >= 11 is 0. The normalized spacial score (nSPS) is 16.1. The highest BCUT2D eigenvalue weighted by molar-refractivity contribution is 7.92. The van der Waals surface area contributed by atoms with Crippen LogP contribution in [0.3, 0.4) is 0 Å². The zero-order valence-electron chi connectivity index (χ0n) is 17.3. The number of aryl methyl sites for hydroxylation is 2. The van der Waals surface area contributed by atoms with Crippen molar-refractivity contribution in [3.05, 3.63) is 30.1 Å². The number of sulfone groups is 1. The Balaban J connectivity index is 1.53. The Kier molecular flexibility index (Phi) is 5.40. The van der Waals surface area contributed by atoms with Gasteiger partial charge >= 0.3 is 0 Å². The average molecular weight is 430 g/mol. The van der Waals surface area contributed by atoms with Gasteiger partial charge in [0.05, 0.1) is 28.6 Å². The van der Waals surface area contributed by atoms with Crippen LogP contribution >= 0.6 is 0 Å². The maximum Gasteiger partial charge on any atom is 0.219 e. The van der Waals surface area contributed by atoms with Gasteiger partial charge in [-0.3, -0.25) is 4.79 Å². The molecule has 30 heavy (non-hydrogen) atoms. The van der Waals surface area contributed by atoms with Gasteiger partial charge in [0, 0.05) is 31.8 Å². The molecule has 9 heteroatoms. The van der Waals surface area contributed by atoms with Crippen LogP contribution in [0.4, 0.5) is 5.82 Å². The van der Waals surface area contributed by atoms with E-state index in [1.54, 1.807) is 4.90 Å². The van der Waals surface area contributed by atoms with Gasteiger partial charge in [-0.1, -0.05) is 25.1 Å². The highest BCUT2D eigenvalue weighted by Gasteiger charge is 2.38. The second-order valence-corrected chi connectivity index (χ2v) is 10.0. The maximum atomic E-state index is 12.0. The van der Waals surface area contributed by atoms with Gasteiger partial charge in [0.2, 0.25) is 5.91 Å². The number of nitrogens with zero attached hydrogens (tertiary/aromatic N) is 4. The molecule has 0 aliphatic carbocycles. The molecule has 2 N–H and O–H groups in total. The topological polar surface area (TPSA) is 111 Å². The van der Waals surface area contributed by atoms with E-state index in [0.717, 1.165) is 53.6 Å². The number of anilines is 1. The van der Waals surface area contributed by atoms with Crippen LogP contribution in [-0.2, 0) is 27.6 Å². The monoisotopic (exact) mass is 429 g/mol. The summed E-state index contributed by atoms with van der Waals surface area (Å²) in [6, 6.07) is 7.74. The summed E-state index contributed by atoms with van der Waals surface area (Å²) in [5.41, 5.74) is 8.77. The van der Waals surface area contributed by atoms with Gasteiger partial charge in [0.15, 0.2) is 15.7 Å². The van der Waals surface area contributed by atoms with Crippen LogP contribution in [0.2, 0.25) is 0 Å². The van der Waals surface area contributed by atoms with Crippen LogP contribution in [-0.4, -0.2) is 57.9 Å². The molecule has 0 bridgehead atoms. The first-order chi connectivity index (χ1) is 14.3. The third kappa shape index (κ3) is 3.74. The maximum absolute atomic E-state index is 12.0. The standard InChI is InChI=1S/C21H27N5O3S/c1-3-18-24-19-20(16-8-4-5-9-17(16)23-21(19)22)26(18)11-7-6-10-25(14(2)27)15-12-30(28,29)13-15/h4-5,8-9,15H,3,6-7,10-13H2,1-2H3,(H2,22,23). The van der Waals surface area contributed by atoms with Crippen LogP contribution in [0.25, 0.3) is 21.9 Å². The van der Waals surface area contributed by atoms with E-state index < -0.39 is 9.84 Å². The predicted molar refractivity (Wildman–Crippen MR) is 118 cm³/mol. The molecule has 1 fully saturated rings. The first-order valence-corrected chi connectivity index (χ1v) is 12.1. The van der Waals surface area contributed by atoms with E-state index in [1.165, 1.54) is 6.92 Å². The lowest BCUT2D eigenvalue weighted by Gasteiger charge is -2.36. The van der Waals surface area contributed by atoms with Gasteiger partial charge in [-0.05, 0) is 18.9 Å². The number of nitrogens with two attached hydrogens (primary N) is 1. The molecule has 1 saturated heterocycles. The number of pyridine rings is 1. The number of hydrogen-bond donors (Lipinski definition) is 1. The van der Waals surface area contributed by atoms with Crippen LogP contribution in [0, 0.1) is 0 Å². The van der Waals surface area contributed by atoms with E-state index in [0.29, 0.717) is 12.4 Å². The van der Waals surface area contributed by atoms with E-state index in [2.05, 4.69) is 16.5 Å². The summed E-state index contributed by atoms with van der Waals surface area (Å²) in [7, 11) is -2.96. The van der Waals surface area contributed by atoms with Gasteiger partial charge < -0.3 is 15.2 Å². The Hall–Kier alpha value is -2.68. The van der Waals surface area contributed by atoms with E-state index >= 15 is 0 Å². The molecule has 1 aromatic carbocycles. The van der Waals surface area contributed by atoms with Crippen molar-refractivity contribution in [1.82, 2.24) is 19.4 Å². The molecule has 0 radical (unpaired) electrons. The molecule has 1 aliphatic rings. The van der Waals surface area contributed by atoms with E-state index in [-0.39, 0.29) is 23.5 Å². The van der Waals surface area contributed by atoms with Crippen molar-refractivity contribution in [2.24, 2.45) is 0 Å². The van der Waals surface area contributed by atoms with Crippen LogP contribution < -0.4 is 5.73 Å². The van der Waals surface area contributed by atoms with Gasteiger partial charge in [-0.2, -0.15) is 0 Å². The number of benzene rings is 1. The SMILES string of the molecule is CCc1nc2c(N)nc3ccccc3c2n1CCCCN(C(C)=O)C1CS(=O)(=O)C1. The van der Waals surface area contributed by atoms with Crippen molar-refractivity contribution in [1.29, 1.82) is 0 Å². The highest BCUT2D eigenvalue weighted by atomic mass is 32.2. The summed E-state index contributed by atoms with van der Waals surface area (Å²) in [6.45, 7) is 4.89. The van der Waals surface area contributed by atoms with Gasteiger partial charge in [0.1, 0.15) is 11.3 Å². The molecular formula is C21H27N5O3S. The molecule has 0 unspecified atom stereocenters. The minimum absolute atomic E-state index is 0.0675. The fraction of sp³-hybridized carbons (Fsp3) is 0.476. The van der Waals surface area contributed by atoms with Crippen LogP contribution in [0.15, 0.2) is 24.3 Å². The number of hydrogen-bond acceptors (Lipinski definition) is 6. The molecule has 3 heterocycles. The van der Waals surface area contributed by atoms with E-state index in [9.17, 15) is 13.2 Å². The fourth-order valence-corrected chi connectivity index (χ4v) is 5.72. The largest absolute Gasteiger partial charge is 0.382 e. The van der Waals surface area contributed by atoms with Crippen molar-refractivity contribution in [3.8, 4) is 0 Å². The lowest BCUT2D eigenvalue weighted by Crippen LogP contribution is -2.55. The van der Waals surface area contributed by atoms with Crippen LogP contribution in [0.1, 0.15) is 32.5 Å². The third-order valence-electron chi connectivity index (χ3n) is 5.77. The van der Waals surface area contributed by atoms with Crippen molar-refractivity contribution >= 4 is 43.5 Å². The zero-order chi connectivity index (χ0) is 21.5. The second-order valence-electron chi connectivity index (χ2n) is 7.89. The molecule has 0 spiro atoms. The van der Waals surface area contributed by atoms with Crippen molar-refractivity contribution in [2.45, 2.75) is 45.7 Å². The number of carbonyl (C=O) groups is 1. The number of imidazole rings is 1. The second kappa shape index (κ2) is 7.86. The van der Waals surface area contributed by atoms with Crippen molar-refractivity contribution in [2.75, 3.05) is 23.8 Å². The predicted octanol–water partition coefficient (Wildman–Crippen LogP) is 2.15. The Bertz CT molecular complexity index is 1210. The van der Waals surface area contributed by atoms with Gasteiger partial charge in [0.25, 0.3) is 0 Å². The molecule has 8 nitrogen and oxygen atoms in total. The quantitative estimate of drug-likeness (QED) is 0.576. The van der Waals surface area contributed by atoms with Crippen LogP contribution in [0.5, 0.6) is 0 Å². The first-order valence-electron chi connectivity index (χ1n) is 10.3. The number of aromatic nitrogens is 3. The molecule has 1 aliphatic heterocycles. The molecular weight excluding hydrogens is 402 g/mol. The molecule has 0 atom stereocenters. The minimum atomic E-state index is -2.96. The average Bonchev–Trinajstić information content (AvgIpc) is 3.05. The molecule has 3 aromatic rings. The molecule has 0 saturated carbocycles. The van der Waals surface area contributed by atoms with Gasteiger partial charge in [-0.15, -0.1) is 0 Å². The van der Waals surface area contributed by atoms with Crippen molar-refractivity contribution in [3.63, 3.8) is 0 Å². The Labute approximate surface area is 176 Å². The summed E-state index contributed by atoms with van der Waals surface area (Å²) in [4.78, 5) is 22.9. The summed E-state index contributed by atoms with van der Waals surface area (Å²) < 4.78 is 25.2.